The molecular weight excluding hydrogens is 238 g/mol. The number of rotatable bonds is 4. The molecule has 3 nitrogen and oxygen atoms in total. The SMILES string of the molecule is CC1CCCC(N(C)Cc2ccccc2C(=O)O)C1. The molecule has 1 aliphatic carbocycles. The van der Waals surface area contributed by atoms with Crippen LogP contribution in [0.1, 0.15) is 48.5 Å². The van der Waals surface area contributed by atoms with E-state index in [1.165, 1.54) is 25.7 Å². The summed E-state index contributed by atoms with van der Waals surface area (Å²) in [6.45, 7) is 3.03. The summed E-state index contributed by atoms with van der Waals surface area (Å²) in [5, 5.41) is 9.21. The first kappa shape index (κ1) is 14.1. The summed E-state index contributed by atoms with van der Waals surface area (Å²) in [5.41, 5.74) is 1.34. The molecule has 2 rings (SSSR count). The molecule has 0 spiro atoms. The molecule has 2 atom stereocenters. The maximum Gasteiger partial charge on any atom is 0.336 e. The quantitative estimate of drug-likeness (QED) is 0.903. The van der Waals surface area contributed by atoms with Crippen molar-refractivity contribution in [1.29, 1.82) is 0 Å². The van der Waals surface area contributed by atoms with Crippen LogP contribution < -0.4 is 0 Å². The van der Waals surface area contributed by atoms with Gasteiger partial charge in [-0.15, -0.1) is 0 Å². The minimum Gasteiger partial charge on any atom is -0.478 e. The van der Waals surface area contributed by atoms with Gasteiger partial charge in [0.15, 0.2) is 0 Å². The third kappa shape index (κ3) is 3.57. The number of nitrogens with zero attached hydrogens (tertiary/aromatic N) is 1. The van der Waals surface area contributed by atoms with Crippen molar-refractivity contribution >= 4 is 5.97 Å². The smallest absolute Gasteiger partial charge is 0.336 e. The van der Waals surface area contributed by atoms with E-state index in [1.807, 2.05) is 12.1 Å². The second-order valence-electron chi connectivity index (χ2n) is 5.80. The van der Waals surface area contributed by atoms with Crippen LogP contribution >= 0.6 is 0 Å². The Kier molecular flexibility index (Phi) is 4.59. The summed E-state index contributed by atoms with van der Waals surface area (Å²) < 4.78 is 0. The molecule has 0 amide bonds. The van der Waals surface area contributed by atoms with Crippen LogP contribution in [-0.2, 0) is 6.54 Å². The summed E-state index contributed by atoms with van der Waals surface area (Å²) in [4.78, 5) is 13.5. The van der Waals surface area contributed by atoms with Gasteiger partial charge >= 0.3 is 5.97 Å². The molecule has 0 saturated heterocycles. The van der Waals surface area contributed by atoms with Gasteiger partial charge < -0.3 is 5.11 Å². The molecule has 1 saturated carbocycles. The van der Waals surface area contributed by atoms with Gasteiger partial charge in [-0.3, -0.25) is 4.90 Å². The highest BCUT2D eigenvalue weighted by Crippen LogP contribution is 2.27. The second-order valence-corrected chi connectivity index (χ2v) is 5.80. The molecule has 0 aromatic heterocycles. The Hall–Kier alpha value is -1.35. The second kappa shape index (κ2) is 6.20. The van der Waals surface area contributed by atoms with E-state index in [4.69, 9.17) is 0 Å². The summed E-state index contributed by atoms with van der Waals surface area (Å²) in [6, 6.07) is 7.90. The standard InChI is InChI=1S/C16H23NO2/c1-12-6-5-8-14(10-12)17(2)11-13-7-3-4-9-15(13)16(18)19/h3-4,7,9,12,14H,5-6,8,10-11H2,1-2H3,(H,18,19). The summed E-state index contributed by atoms with van der Waals surface area (Å²) in [5.74, 6) is -0.0445. The van der Waals surface area contributed by atoms with Crippen molar-refractivity contribution in [3.05, 3.63) is 35.4 Å². The van der Waals surface area contributed by atoms with Crippen LogP contribution in [0.2, 0.25) is 0 Å². The highest BCUT2D eigenvalue weighted by Gasteiger charge is 2.23. The zero-order valence-electron chi connectivity index (χ0n) is 11.8. The highest BCUT2D eigenvalue weighted by molar-refractivity contribution is 5.89. The minimum atomic E-state index is -0.832. The van der Waals surface area contributed by atoms with E-state index in [0.717, 1.165) is 18.0 Å². The lowest BCUT2D eigenvalue weighted by Crippen LogP contribution is -2.35. The molecule has 0 heterocycles. The molecule has 0 bridgehead atoms. The molecular formula is C16H23NO2. The first-order chi connectivity index (χ1) is 9.08. The van der Waals surface area contributed by atoms with Crippen LogP contribution in [0.15, 0.2) is 24.3 Å². The molecule has 1 aromatic carbocycles. The Balaban J connectivity index is 2.06. The normalized spacial score (nSPS) is 23.5. The van der Waals surface area contributed by atoms with Gasteiger partial charge in [0.25, 0.3) is 0 Å². The van der Waals surface area contributed by atoms with E-state index >= 15 is 0 Å². The van der Waals surface area contributed by atoms with E-state index in [9.17, 15) is 9.90 Å². The molecule has 3 heteroatoms. The molecule has 0 radical (unpaired) electrons. The van der Waals surface area contributed by atoms with Gasteiger partial charge in [-0.2, -0.15) is 0 Å². The lowest BCUT2D eigenvalue weighted by Gasteiger charge is -2.34. The predicted molar refractivity (Wildman–Crippen MR) is 76.3 cm³/mol. The number of benzene rings is 1. The van der Waals surface area contributed by atoms with Crippen molar-refractivity contribution in [3.63, 3.8) is 0 Å². The van der Waals surface area contributed by atoms with Crippen LogP contribution in [0.4, 0.5) is 0 Å². The van der Waals surface area contributed by atoms with Gasteiger partial charge in [-0.05, 0) is 37.4 Å². The first-order valence-electron chi connectivity index (χ1n) is 7.09. The Morgan fingerprint density at radius 1 is 1.37 bits per heavy atom. The van der Waals surface area contributed by atoms with Gasteiger partial charge in [0.05, 0.1) is 5.56 Å². The van der Waals surface area contributed by atoms with Crippen LogP contribution in [0, 0.1) is 5.92 Å². The van der Waals surface area contributed by atoms with Crippen molar-refractivity contribution < 1.29 is 9.90 Å². The number of hydrogen-bond donors (Lipinski definition) is 1. The predicted octanol–water partition coefficient (Wildman–Crippen LogP) is 3.40. The third-order valence-electron chi connectivity index (χ3n) is 4.20. The Morgan fingerprint density at radius 3 is 2.79 bits per heavy atom. The lowest BCUT2D eigenvalue weighted by molar-refractivity contribution is 0.0693. The zero-order chi connectivity index (χ0) is 13.8. The minimum absolute atomic E-state index is 0.429. The largest absolute Gasteiger partial charge is 0.478 e. The average Bonchev–Trinajstić information content (AvgIpc) is 2.39. The summed E-state index contributed by atoms with van der Waals surface area (Å²) >= 11 is 0. The van der Waals surface area contributed by atoms with E-state index in [1.54, 1.807) is 12.1 Å². The van der Waals surface area contributed by atoms with E-state index in [0.29, 0.717) is 11.6 Å². The fraction of sp³-hybridized carbons (Fsp3) is 0.562. The first-order valence-corrected chi connectivity index (χ1v) is 7.09. The number of carboxylic acid groups (broad SMARTS) is 1. The molecule has 2 unspecified atom stereocenters. The number of hydrogen-bond acceptors (Lipinski definition) is 2. The fourth-order valence-corrected chi connectivity index (χ4v) is 3.07. The topological polar surface area (TPSA) is 40.5 Å². The Bertz CT molecular complexity index is 444. The molecule has 19 heavy (non-hydrogen) atoms. The zero-order valence-corrected chi connectivity index (χ0v) is 11.8. The van der Waals surface area contributed by atoms with Crippen LogP contribution in [0.25, 0.3) is 0 Å². The van der Waals surface area contributed by atoms with Crippen molar-refractivity contribution in [2.24, 2.45) is 5.92 Å². The van der Waals surface area contributed by atoms with Gasteiger partial charge in [-0.25, -0.2) is 4.79 Å². The molecule has 1 aliphatic rings. The number of carboxylic acids is 1. The van der Waals surface area contributed by atoms with Crippen molar-refractivity contribution in [2.75, 3.05) is 7.05 Å². The van der Waals surface area contributed by atoms with Crippen LogP contribution in [0.5, 0.6) is 0 Å². The molecule has 1 aromatic rings. The van der Waals surface area contributed by atoms with Crippen molar-refractivity contribution in [3.8, 4) is 0 Å². The third-order valence-corrected chi connectivity index (χ3v) is 4.20. The van der Waals surface area contributed by atoms with E-state index in [-0.39, 0.29) is 0 Å². The van der Waals surface area contributed by atoms with Gasteiger partial charge in [0.2, 0.25) is 0 Å². The van der Waals surface area contributed by atoms with Gasteiger partial charge in [0.1, 0.15) is 0 Å². The summed E-state index contributed by atoms with van der Waals surface area (Å²) in [7, 11) is 2.11. The van der Waals surface area contributed by atoms with Crippen molar-refractivity contribution in [2.45, 2.75) is 45.2 Å². The number of aromatic carboxylic acids is 1. The maximum atomic E-state index is 11.2. The summed E-state index contributed by atoms with van der Waals surface area (Å²) in [6.07, 6.45) is 5.08. The average molecular weight is 261 g/mol. The Labute approximate surface area is 115 Å². The fourth-order valence-electron chi connectivity index (χ4n) is 3.07. The van der Waals surface area contributed by atoms with E-state index < -0.39 is 5.97 Å². The lowest BCUT2D eigenvalue weighted by atomic mass is 9.86. The van der Waals surface area contributed by atoms with E-state index in [2.05, 4.69) is 18.9 Å². The van der Waals surface area contributed by atoms with Crippen LogP contribution in [0.3, 0.4) is 0 Å². The van der Waals surface area contributed by atoms with Crippen LogP contribution in [-0.4, -0.2) is 29.1 Å². The maximum absolute atomic E-state index is 11.2. The van der Waals surface area contributed by atoms with Gasteiger partial charge in [0, 0.05) is 12.6 Å². The van der Waals surface area contributed by atoms with Crippen molar-refractivity contribution in [1.82, 2.24) is 4.90 Å². The molecule has 104 valence electrons. The van der Waals surface area contributed by atoms with Gasteiger partial charge in [-0.1, -0.05) is 38.0 Å². The number of carbonyl (C=O) groups is 1. The Morgan fingerprint density at radius 2 is 2.11 bits per heavy atom. The highest BCUT2D eigenvalue weighted by atomic mass is 16.4. The molecule has 1 N–H and O–H groups in total. The molecule has 0 aliphatic heterocycles. The molecule has 1 fully saturated rings. The monoisotopic (exact) mass is 261 g/mol.